The van der Waals surface area contributed by atoms with Gasteiger partial charge in [-0.3, -0.25) is 43.6 Å². The van der Waals surface area contributed by atoms with Gasteiger partial charge in [0.25, 0.3) is 0 Å². The molecule has 2 fully saturated rings. The van der Waals surface area contributed by atoms with Crippen molar-refractivity contribution in [2.75, 3.05) is 25.4 Å². The lowest BCUT2D eigenvalue weighted by molar-refractivity contribution is -0.138. The van der Waals surface area contributed by atoms with E-state index in [4.69, 9.17) is 10.9 Å². The number of unbranched alkanes of at least 4 members (excludes halogenated alkanes) is 2. The van der Waals surface area contributed by atoms with Gasteiger partial charge in [0.1, 0.15) is 18.1 Å². The molecular formula is C38H66N10O11S. The summed E-state index contributed by atoms with van der Waals surface area (Å²) in [5.74, 6) is -5.96. The Balaban J connectivity index is 1.74. The first-order chi connectivity index (χ1) is 28.4. The second-order valence-electron chi connectivity index (χ2n) is 15.9. The molecule has 340 valence electrons. The SMILES string of the molecule is CC[C@H](C)[C@H](NC(=O)[C@@H](NC(=O)C(CC(=O)NO)CC(C)C)[C@@H](C)O)C(=O)NCC(=O)NCC(=O)N[C@@H](CCCCNC(=O)CCCC[C@@H]1SC[C@@H]2NC(=O)N[C@@H]21)C(N)=O. The minimum atomic E-state index is -1.51. The molecule has 2 saturated heterocycles. The Hall–Kier alpha value is -4.70. The van der Waals surface area contributed by atoms with Crippen molar-refractivity contribution in [3.8, 4) is 0 Å². The maximum absolute atomic E-state index is 13.3. The van der Waals surface area contributed by atoms with E-state index in [0.717, 1.165) is 25.0 Å². The van der Waals surface area contributed by atoms with E-state index in [0.29, 0.717) is 37.5 Å². The number of carbonyl (C=O) groups is 9. The maximum atomic E-state index is 13.3. The number of carbonyl (C=O) groups excluding carboxylic acids is 9. The quantitative estimate of drug-likeness (QED) is 0.0179. The van der Waals surface area contributed by atoms with Gasteiger partial charge in [-0.25, -0.2) is 10.3 Å². The average Bonchev–Trinajstić information content (AvgIpc) is 3.75. The predicted octanol–water partition coefficient (Wildman–Crippen LogP) is -1.84. The van der Waals surface area contributed by atoms with Crippen LogP contribution < -0.4 is 53.7 Å². The fourth-order valence-electron chi connectivity index (χ4n) is 6.86. The van der Waals surface area contributed by atoms with Crippen LogP contribution >= 0.6 is 11.8 Å². The van der Waals surface area contributed by atoms with Crippen molar-refractivity contribution in [2.24, 2.45) is 23.5 Å². The highest BCUT2D eigenvalue weighted by Crippen LogP contribution is 2.33. The lowest BCUT2D eigenvalue weighted by atomic mass is 9.92. The summed E-state index contributed by atoms with van der Waals surface area (Å²) in [6, 6.07) is -3.53. The van der Waals surface area contributed by atoms with E-state index < -0.39 is 90.5 Å². The summed E-state index contributed by atoms with van der Waals surface area (Å²) >= 11 is 1.83. The van der Waals surface area contributed by atoms with E-state index >= 15 is 0 Å². The molecule has 0 aliphatic carbocycles. The summed E-state index contributed by atoms with van der Waals surface area (Å²) in [5.41, 5.74) is 6.95. The summed E-state index contributed by atoms with van der Waals surface area (Å²) in [5, 5.41) is 40.6. The standard InChI is InChI=1S/C38H66N10O11S/c1-6-21(4)31(45-37(57)32(22(5)49)46-35(55)23(15-20(2)3)16-28(51)48-59)36(56)42-17-29(52)41-18-30(53)43-24(34(39)54)11-9-10-14-40-27(50)13-8-7-12-26-33-25(19-60-26)44-38(58)47-33/h20-26,31-33,49,59H,6-19H2,1-5H3,(H2,39,54)(H,40,50)(H,41,52)(H,42,56)(H,43,53)(H,45,57)(H,46,55)(H,48,51)(H2,44,47,58)/t21-,22+,23?,24-,25-,26-,31-,32-,33-/m0/s1. The van der Waals surface area contributed by atoms with Gasteiger partial charge in [0.15, 0.2) is 0 Å². The fraction of sp³-hybridized carbons (Fsp3) is 0.763. The lowest BCUT2D eigenvalue weighted by Gasteiger charge is -2.28. The highest BCUT2D eigenvalue weighted by Gasteiger charge is 2.42. The maximum Gasteiger partial charge on any atom is 0.315 e. The monoisotopic (exact) mass is 870 g/mol. The Bertz CT molecular complexity index is 1500. The number of thioether (sulfide) groups is 1. The summed E-state index contributed by atoms with van der Waals surface area (Å²) in [6.07, 6.45) is 2.98. The average molecular weight is 871 g/mol. The molecular weight excluding hydrogens is 805 g/mol. The molecule has 9 atom stereocenters. The number of hydroxylamine groups is 1. The fourth-order valence-corrected chi connectivity index (χ4v) is 8.40. The number of hydrogen-bond donors (Lipinski definition) is 12. The van der Waals surface area contributed by atoms with Crippen molar-refractivity contribution in [1.82, 2.24) is 48.0 Å². The normalized spacial score (nSPS) is 19.8. The summed E-state index contributed by atoms with van der Waals surface area (Å²) < 4.78 is 0. The third-order valence-electron chi connectivity index (χ3n) is 10.4. The highest BCUT2D eigenvalue weighted by atomic mass is 32.2. The third kappa shape index (κ3) is 18.3. The van der Waals surface area contributed by atoms with E-state index in [9.17, 15) is 48.3 Å². The number of nitrogens with one attached hydrogen (secondary N) is 9. The number of urea groups is 1. The Morgan fingerprint density at radius 3 is 2.12 bits per heavy atom. The number of hydrogen-bond acceptors (Lipinski definition) is 12. The molecule has 13 N–H and O–H groups in total. The van der Waals surface area contributed by atoms with Crippen LogP contribution in [0, 0.1) is 17.8 Å². The second kappa shape index (κ2) is 26.5. The van der Waals surface area contributed by atoms with Gasteiger partial charge in [0.05, 0.1) is 31.3 Å². The minimum Gasteiger partial charge on any atom is -0.391 e. The zero-order chi connectivity index (χ0) is 44.9. The molecule has 2 heterocycles. The number of aliphatic hydroxyl groups excluding tert-OH is 1. The predicted molar refractivity (Wildman–Crippen MR) is 220 cm³/mol. The molecule has 21 nitrogen and oxygen atoms in total. The molecule has 22 heteroatoms. The molecule has 0 bridgehead atoms. The molecule has 2 rings (SSSR count). The number of rotatable bonds is 28. The van der Waals surface area contributed by atoms with E-state index in [-0.39, 0.29) is 49.2 Å². The Labute approximate surface area is 355 Å². The van der Waals surface area contributed by atoms with Crippen LogP contribution in [0.2, 0.25) is 0 Å². The highest BCUT2D eigenvalue weighted by molar-refractivity contribution is 8.00. The largest absolute Gasteiger partial charge is 0.391 e. The number of fused-ring (bicyclic) bond motifs is 1. The Kier molecular flexibility index (Phi) is 22.7. The Morgan fingerprint density at radius 1 is 0.800 bits per heavy atom. The van der Waals surface area contributed by atoms with Crippen molar-refractivity contribution in [1.29, 1.82) is 0 Å². The molecule has 10 amide bonds. The summed E-state index contributed by atoms with van der Waals surface area (Å²) in [6.45, 7) is 7.63. The number of aliphatic hydroxyl groups is 1. The van der Waals surface area contributed by atoms with Crippen LogP contribution in [0.3, 0.4) is 0 Å². The van der Waals surface area contributed by atoms with Gasteiger partial charge >= 0.3 is 6.03 Å². The van der Waals surface area contributed by atoms with Crippen molar-refractivity contribution in [3.05, 3.63) is 0 Å². The second-order valence-corrected chi connectivity index (χ2v) is 17.2. The van der Waals surface area contributed by atoms with Gasteiger partial charge < -0.3 is 53.4 Å². The van der Waals surface area contributed by atoms with Crippen LogP contribution in [0.15, 0.2) is 0 Å². The molecule has 2 aliphatic rings. The van der Waals surface area contributed by atoms with E-state index in [2.05, 4.69) is 42.5 Å². The van der Waals surface area contributed by atoms with E-state index in [1.165, 1.54) is 12.4 Å². The van der Waals surface area contributed by atoms with Gasteiger partial charge in [-0.2, -0.15) is 11.8 Å². The van der Waals surface area contributed by atoms with Crippen LogP contribution in [0.5, 0.6) is 0 Å². The van der Waals surface area contributed by atoms with Crippen molar-refractivity contribution < 1.29 is 53.5 Å². The molecule has 0 aromatic heterocycles. The van der Waals surface area contributed by atoms with Crippen LogP contribution in [-0.4, -0.2) is 131 Å². The summed E-state index contributed by atoms with van der Waals surface area (Å²) in [7, 11) is 0. The first-order valence-electron chi connectivity index (χ1n) is 20.7. The number of amides is 10. The summed E-state index contributed by atoms with van der Waals surface area (Å²) in [4.78, 5) is 112. The number of primary amides is 1. The molecule has 2 aliphatic heterocycles. The third-order valence-corrected chi connectivity index (χ3v) is 11.9. The van der Waals surface area contributed by atoms with Crippen LogP contribution in [0.25, 0.3) is 0 Å². The number of nitrogens with two attached hydrogens (primary N) is 1. The van der Waals surface area contributed by atoms with Gasteiger partial charge in [0.2, 0.25) is 47.3 Å². The minimum absolute atomic E-state index is 0.0213. The molecule has 0 aromatic carbocycles. The van der Waals surface area contributed by atoms with Gasteiger partial charge in [-0.15, -0.1) is 0 Å². The van der Waals surface area contributed by atoms with Gasteiger partial charge in [-0.1, -0.05) is 40.5 Å². The first-order valence-corrected chi connectivity index (χ1v) is 21.7. The molecule has 60 heavy (non-hydrogen) atoms. The van der Waals surface area contributed by atoms with Gasteiger partial charge in [0, 0.05) is 36.3 Å². The van der Waals surface area contributed by atoms with Crippen molar-refractivity contribution >= 4 is 65.1 Å². The zero-order valence-electron chi connectivity index (χ0n) is 35.2. The van der Waals surface area contributed by atoms with Gasteiger partial charge in [-0.05, 0) is 57.3 Å². The van der Waals surface area contributed by atoms with Crippen LogP contribution in [0.4, 0.5) is 4.79 Å². The van der Waals surface area contributed by atoms with Crippen LogP contribution in [-0.2, 0) is 38.4 Å². The Morgan fingerprint density at radius 2 is 1.48 bits per heavy atom. The molecule has 0 aromatic rings. The topological polar surface area (TPSA) is 328 Å². The smallest absolute Gasteiger partial charge is 0.315 e. The molecule has 1 unspecified atom stereocenters. The van der Waals surface area contributed by atoms with Crippen molar-refractivity contribution in [3.63, 3.8) is 0 Å². The molecule has 0 radical (unpaired) electrons. The van der Waals surface area contributed by atoms with E-state index in [1.807, 2.05) is 25.6 Å². The zero-order valence-corrected chi connectivity index (χ0v) is 36.0. The lowest BCUT2D eigenvalue weighted by Crippen LogP contribution is -2.59. The molecule has 0 spiro atoms. The van der Waals surface area contributed by atoms with E-state index in [1.54, 1.807) is 13.8 Å². The van der Waals surface area contributed by atoms with Crippen LogP contribution in [0.1, 0.15) is 98.8 Å². The van der Waals surface area contributed by atoms with Crippen molar-refractivity contribution in [2.45, 2.75) is 140 Å². The first kappa shape index (κ1) is 51.4. The molecule has 0 saturated carbocycles.